The highest BCUT2D eigenvalue weighted by atomic mass is 19.4. The number of rotatable bonds is 8. The number of aromatic nitrogens is 2. The highest BCUT2D eigenvalue weighted by Gasteiger charge is 2.46. The molecule has 1 saturated heterocycles. The van der Waals surface area contributed by atoms with Gasteiger partial charge in [0, 0.05) is 54.1 Å². The van der Waals surface area contributed by atoms with E-state index in [0.717, 1.165) is 11.6 Å². The summed E-state index contributed by atoms with van der Waals surface area (Å²) in [5.41, 5.74) is 1.08. The zero-order valence-electron chi connectivity index (χ0n) is 26.7. The fourth-order valence-electron chi connectivity index (χ4n) is 5.85. The van der Waals surface area contributed by atoms with Crippen LogP contribution in [0.1, 0.15) is 64.5 Å². The van der Waals surface area contributed by atoms with E-state index in [1.807, 2.05) is 0 Å². The van der Waals surface area contributed by atoms with Gasteiger partial charge in [-0.15, -0.1) is 0 Å². The standard InChI is InChI=1S/C34H28F5N7O5/c1-17-22-12-19(35)13-24(36)28(22)51-27(17)29(34(37,38)39)45-33(50)43-20-14-41-32(42-15-20)40-11-4-2-3-6-18-7-5-8-21-23(18)16-46(31(21)49)25-9-10-26(47)44-30(25)48/h5,7-8,12-15,25,29H,2,4,9-11,16H2,1H3,(H,40,41,42)(H2,43,45,50)(H,44,47,48)/t25?,29-/m1/s1. The third kappa shape index (κ3) is 7.44. The number of fused-ring (bicyclic) bond motifs is 2. The summed E-state index contributed by atoms with van der Waals surface area (Å²) in [6.45, 7) is 1.82. The number of nitrogens with one attached hydrogen (secondary N) is 4. The van der Waals surface area contributed by atoms with Crippen LogP contribution in [-0.4, -0.2) is 57.4 Å². The predicted molar refractivity (Wildman–Crippen MR) is 171 cm³/mol. The molecular weight excluding hydrogens is 681 g/mol. The highest BCUT2D eigenvalue weighted by molar-refractivity contribution is 6.05. The van der Waals surface area contributed by atoms with Gasteiger partial charge in [-0.1, -0.05) is 17.9 Å². The molecule has 0 radical (unpaired) electrons. The molecule has 51 heavy (non-hydrogen) atoms. The molecule has 5 amide bonds. The van der Waals surface area contributed by atoms with Gasteiger partial charge in [0.1, 0.15) is 17.6 Å². The van der Waals surface area contributed by atoms with Crippen molar-refractivity contribution in [2.24, 2.45) is 0 Å². The average molecular weight is 710 g/mol. The van der Waals surface area contributed by atoms with E-state index in [0.29, 0.717) is 36.6 Å². The predicted octanol–water partition coefficient (Wildman–Crippen LogP) is 5.24. The molecule has 2 atom stereocenters. The van der Waals surface area contributed by atoms with E-state index in [2.05, 4.69) is 37.8 Å². The number of carbonyl (C=O) groups excluding carboxylic acids is 4. The number of hydrogen-bond donors (Lipinski definition) is 4. The smallest absolute Gasteiger partial charge is 0.416 e. The van der Waals surface area contributed by atoms with Gasteiger partial charge >= 0.3 is 12.2 Å². The second kappa shape index (κ2) is 14.1. The van der Waals surface area contributed by atoms with Gasteiger partial charge in [0.05, 0.1) is 18.1 Å². The SMILES string of the molecule is Cc1c([C@@H](NC(=O)Nc2cnc(NCCCC#Cc3cccc4c3CN(C3CCC(=O)NC3=O)C4=O)nc2)C(F)(F)F)oc2c(F)cc(F)cc12. The zero-order valence-corrected chi connectivity index (χ0v) is 26.7. The molecule has 264 valence electrons. The lowest BCUT2D eigenvalue weighted by molar-refractivity contribution is -0.158. The first-order chi connectivity index (χ1) is 24.3. The Labute approximate surface area is 286 Å². The van der Waals surface area contributed by atoms with Gasteiger partial charge < -0.3 is 25.3 Å². The highest BCUT2D eigenvalue weighted by Crippen LogP contribution is 2.39. The van der Waals surface area contributed by atoms with E-state index in [-0.39, 0.29) is 53.8 Å². The van der Waals surface area contributed by atoms with Crippen LogP contribution < -0.4 is 21.3 Å². The number of halogens is 5. The molecular formula is C34H28F5N7O5. The van der Waals surface area contributed by atoms with Gasteiger partial charge in [0.15, 0.2) is 17.4 Å². The zero-order chi connectivity index (χ0) is 36.4. The summed E-state index contributed by atoms with van der Waals surface area (Å²) in [6, 6.07) is 1.85. The van der Waals surface area contributed by atoms with Crippen molar-refractivity contribution in [1.29, 1.82) is 0 Å². The Morgan fingerprint density at radius 3 is 2.65 bits per heavy atom. The lowest BCUT2D eigenvalue weighted by Crippen LogP contribution is -2.52. The normalized spacial score (nSPS) is 16.3. The number of aryl methyl sites for hydroxylation is 1. The second-order valence-electron chi connectivity index (χ2n) is 11.8. The van der Waals surface area contributed by atoms with E-state index < -0.39 is 53.2 Å². The van der Waals surface area contributed by atoms with Crippen LogP contribution in [0.15, 0.2) is 47.1 Å². The quantitative estimate of drug-likeness (QED) is 0.0838. The number of carbonyl (C=O) groups is 4. The summed E-state index contributed by atoms with van der Waals surface area (Å²) in [5.74, 6) is 2.23. The molecule has 2 aliphatic rings. The number of hydrogen-bond acceptors (Lipinski definition) is 8. The fourth-order valence-corrected chi connectivity index (χ4v) is 5.85. The van der Waals surface area contributed by atoms with E-state index in [9.17, 15) is 41.1 Å². The second-order valence-corrected chi connectivity index (χ2v) is 11.8. The number of piperidine rings is 1. The first-order valence-electron chi connectivity index (χ1n) is 15.6. The first kappa shape index (κ1) is 34.8. The van der Waals surface area contributed by atoms with Gasteiger partial charge in [-0.05, 0) is 43.5 Å². The van der Waals surface area contributed by atoms with Crippen molar-refractivity contribution in [3.8, 4) is 11.8 Å². The molecule has 0 bridgehead atoms. The number of amides is 5. The van der Waals surface area contributed by atoms with E-state index >= 15 is 0 Å². The van der Waals surface area contributed by atoms with Crippen LogP contribution in [-0.2, 0) is 16.1 Å². The Morgan fingerprint density at radius 1 is 1.16 bits per heavy atom. The van der Waals surface area contributed by atoms with Gasteiger partial charge in [0.25, 0.3) is 5.91 Å². The molecule has 2 aliphatic heterocycles. The van der Waals surface area contributed by atoms with Crippen LogP contribution in [0.2, 0.25) is 0 Å². The third-order valence-corrected chi connectivity index (χ3v) is 8.34. The molecule has 1 unspecified atom stereocenters. The Hall–Kier alpha value is -6.05. The number of nitrogens with zero attached hydrogens (tertiary/aromatic N) is 3. The number of anilines is 2. The Kier molecular flexibility index (Phi) is 9.59. The van der Waals surface area contributed by atoms with Crippen LogP contribution in [0, 0.1) is 30.4 Å². The first-order valence-corrected chi connectivity index (χ1v) is 15.6. The fraction of sp³-hybridized carbons (Fsp3) is 0.294. The number of furan rings is 1. The number of imide groups is 1. The molecule has 0 saturated carbocycles. The lowest BCUT2D eigenvalue weighted by atomic mass is 10.0. The third-order valence-electron chi connectivity index (χ3n) is 8.34. The molecule has 1 fully saturated rings. The Balaban J connectivity index is 0.995. The molecule has 4 aromatic rings. The van der Waals surface area contributed by atoms with Crippen molar-refractivity contribution in [3.63, 3.8) is 0 Å². The van der Waals surface area contributed by atoms with Crippen molar-refractivity contribution in [2.45, 2.75) is 57.4 Å². The molecule has 2 aromatic heterocycles. The maximum Gasteiger partial charge on any atom is 0.416 e. The maximum absolute atomic E-state index is 14.1. The Morgan fingerprint density at radius 2 is 1.92 bits per heavy atom. The number of alkyl halides is 3. The van der Waals surface area contributed by atoms with Crippen LogP contribution in [0.5, 0.6) is 0 Å². The number of benzene rings is 2. The minimum atomic E-state index is -5.04. The van der Waals surface area contributed by atoms with Crippen molar-refractivity contribution in [3.05, 3.63) is 82.4 Å². The van der Waals surface area contributed by atoms with E-state index in [4.69, 9.17) is 4.42 Å². The van der Waals surface area contributed by atoms with Crippen LogP contribution in [0.4, 0.5) is 38.4 Å². The van der Waals surface area contributed by atoms with Crippen LogP contribution in [0.25, 0.3) is 11.0 Å². The number of unbranched alkanes of at least 4 members (excludes halogenated alkanes) is 1. The topological polar surface area (TPSA) is 159 Å². The van der Waals surface area contributed by atoms with Crippen molar-refractivity contribution >= 4 is 46.4 Å². The molecule has 0 spiro atoms. The van der Waals surface area contributed by atoms with Crippen molar-refractivity contribution < 1.29 is 45.5 Å². The molecule has 6 rings (SSSR count). The van der Waals surface area contributed by atoms with E-state index in [1.54, 1.807) is 23.5 Å². The molecule has 12 nitrogen and oxygen atoms in total. The Bertz CT molecular complexity index is 2110. The van der Waals surface area contributed by atoms with Gasteiger partial charge in [-0.2, -0.15) is 13.2 Å². The molecule has 17 heteroatoms. The van der Waals surface area contributed by atoms with E-state index in [1.165, 1.54) is 24.2 Å². The average Bonchev–Trinajstić information content (AvgIpc) is 3.58. The van der Waals surface area contributed by atoms with Crippen molar-refractivity contribution in [1.82, 2.24) is 25.5 Å². The van der Waals surface area contributed by atoms with Gasteiger partial charge in [0.2, 0.25) is 17.8 Å². The molecule has 2 aromatic carbocycles. The minimum Gasteiger partial charge on any atom is -0.455 e. The van der Waals surface area contributed by atoms with Gasteiger partial charge in [-0.3, -0.25) is 19.7 Å². The maximum atomic E-state index is 14.1. The molecule has 4 N–H and O–H groups in total. The molecule has 4 heterocycles. The largest absolute Gasteiger partial charge is 0.455 e. The monoisotopic (exact) mass is 709 g/mol. The minimum absolute atomic E-state index is 0.0238. The summed E-state index contributed by atoms with van der Waals surface area (Å²) >= 11 is 0. The van der Waals surface area contributed by atoms with Gasteiger partial charge in [-0.25, -0.2) is 23.5 Å². The molecule has 0 aliphatic carbocycles. The summed E-state index contributed by atoms with van der Waals surface area (Å²) in [7, 11) is 0. The van der Waals surface area contributed by atoms with Crippen molar-refractivity contribution in [2.75, 3.05) is 17.2 Å². The summed E-state index contributed by atoms with van der Waals surface area (Å²) in [6.07, 6.45) is -1.22. The number of urea groups is 1. The summed E-state index contributed by atoms with van der Waals surface area (Å²) in [4.78, 5) is 58.9. The summed E-state index contributed by atoms with van der Waals surface area (Å²) in [5, 5.41) is 9.02. The van der Waals surface area contributed by atoms with Crippen LogP contribution in [0.3, 0.4) is 0 Å². The summed E-state index contributed by atoms with van der Waals surface area (Å²) < 4.78 is 74.8. The lowest BCUT2D eigenvalue weighted by Gasteiger charge is -2.29. The van der Waals surface area contributed by atoms with Crippen LogP contribution >= 0.6 is 0 Å².